The van der Waals surface area contributed by atoms with Gasteiger partial charge in [0.1, 0.15) is 6.61 Å². The van der Waals surface area contributed by atoms with Crippen LogP contribution in [0.3, 0.4) is 0 Å². The number of nitrogens with zero attached hydrogens (tertiary/aromatic N) is 1. The number of benzene rings is 2. The normalized spacial score (nSPS) is 27.4. The van der Waals surface area contributed by atoms with Crippen LogP contribution in [0.4, 0.5) is 4.79 Å². The van der Waals surface area contributed by atoms with Crippen molar-refractivity contribution in [3.05, 3.63) is 59.7 Å². The predicted molar refractivity (Wildman–Crippen MR) is 131 cm³/mol. The van der Waals surface area contributed by atoms with Gasteiger partial charge in [0, 0.05) is 31.0 Å². The molecule has 7 nitrogen and oxygen atoms in total. The van der Waals surface area contributed by atoms with Gasteiger partial charge in [0.15, 0.2) is 0 Å². The summed E-state index contributed by atoms with van der Waals surface area (Å²) in [5, 5.41) is 12.5. The standard InChI is InChI=1S/C28H32N2O5/c1-17-14-30(16-28(17,2)26(32)33)25(31)18-11-12-19(13-18)29-27(34)35-15-24-22-9-5-3-7-20(22)21-8-4-6-10-23(21)24/h3-10,17-19,24H,11-16H2,1-2H3,(H,29,34)(H,32,33)/t17?,18-,19+,28?/m1/s1. The van der Waals surface area contributed by atoms with Gasteiger partial charge in [-0.25, -0.2) is 4.79 Å². The summed E-state index contributed by atoms with van der Waals surface area (Å²) in [6, 6.07) is 16.3. The molecular weight excluding hydrogens is 444 g/mol. The summed E-state index contributed by atoms with van der Waals surface area (Å²) < 4.78 is 5.65. The van der Waals surface area contributed by atoms with Gasteiger partial charge in [-0.3, -0.25) is 9.59 Å². The molecule has 7 heteroatoms. The molecule has 0 spiro atoms. The molecule has 0 radical (unpaired) electrons. The molecule has 1 aliphatic heterocycles. The van der Waals surface area contributed by atoms with Crippen molar-refractivity contribution in [3.63, 3.8) is 0 Å². The van der Waals surface area contributed by atoms with Gasteiger partial charge in [0.2, 0.25) is 5.91 Å². The average molecular weight is 477 g/mol. The number of fused-ring (bicyclic) bond motifs is 3. The first-order valence-electron chi connectivity index (χ1n) is 12.4. The van der Waals surface area contributed by atoms with E-state index < -0.39 is 17.5 Å². The molecule has 2 unspecified atom stereocenters. The molecule has 35 heavy (non-hydrogen) atoms. The van der Waals surface area contributed by atoms with Crippen LogP contribution >= 0.6 is 0 Å². The van der Waals surface area contributed by atoms with Crippen molar-refractivity contribution in [2.24, 2.45) is 17.3 Å². The van der Waals surface area contributed by atoms with Crippen molar-refractivity contribution < 1.29 is 24.2 Å². The van der Waals surface area contributed by atoms with Crippen LogP contribution in [-0.2, 0) is 14.3 Å². The maximum absolute atomic E-state index is 13.1. The van der Waals surface area contributed by atoms with Crippen LogP contribution in [0.25, 0.3) is 11.1 Å². The lowest BCUT2D eigenvalue weighted by molar-refractivity contribution is -0.149. The van der Waals surface area contributed by atoms with Gasteiger partial charge in [-0.2, -0.15) is 0 Å². The fraction of sp³-hybridized carbons (Fsp3) is 0.464. The van der Waals surface area contributed by atoms with Gasteiger partial charge < -0.3 is 20.1 Å². The zero-order chi connectivity index (χ0) is 24.7. The van der Waals surface area contributed by atoms with Crippen LogP contribution in [0, 0.1) is 17.3 Å². The van der Waals surface area contributed by atoms with Crippen molar-refractivity contribution in [1.82, 2.24) is 10.2 Å². The molecule has 2 aromatic rings. The first-order valence-corrected chi connectivity index (χ1v) is 12.4. The van der Waals surface area contributed by atoms with E-state index in [1.54, 1.807) is 11.8 Å². The van der Waals surface area contributed by atoms with E-state index in [-0.39, 0.29) is 42.9 Å². The zero-order valence-corrected chi connectivity index (χ0v) is 20.2. The average Bonchev–Trinajstić information content (AvgIpc) is 3.52. The number of aliphatic carboxylic acids is 1. The number of carbonyl (C=O) groups excluding carboxylic acids is 2. The molecule has 0 bridgehead atoms. The first kappa shape index (κ1) is 23.4. The summed E-state index contributed by atoms with van der Waals surface area (Å²) in [5.74, 6) is -1.15. The van der Waals surface area contributed by atoms with Crippen LogP contribution in [-0.4, -0.2) is 53.7 Å². The molecule has 1 saturated heterocycles. The van der Waals surface area contributed by atoms with Gasteiger partial charge in [-0.1, -0.05) is 55.5 Å². The Hall–Kier alpha value is -3.35. The molecule has 1 saturated carbocycles. The van der Waals surface area contributed by atoms with Crippen LogP contribution in [0.15, 0.2) is 48.5 Å². The molecule has 4 atom stereocenters. The van der Waals surface area contributed by atoms with E-state index in [1.807, 2.05) is 31.2 Å². The number of nitrogens with one attached hydrogen (secondary N) is 1. The molecule has 2 aromatic carbocycles. The van der Waals surface area contributed by atoms with E-state index in [0.29, 0.717) is 25.8 Å². The third-order valence-corrected chi connectivity index (χ3v) is 8.35. The van der Waals surface area contributed by atoms with Crippen LogP contribution in [0.5, 0.6) is 0 Å². The van der Waals surface area contributed by atoms with E-state index in [9.17, 15) is 19.5 Å². The Morgan fingerprint density at radius 1 is 1.06 bits per heavy atom. The minimum Gasteiger partial charge on any atom is -0.481 e. The Kier molecular flexibility index (Phi) is 6.03. The van der Waals surface area contributed by atoms with Crippen molar-refractivity contribution in [3.8, 4) is 11.1 Å². The molecule has 2 fully saturated rings. The number of rotatable bonds is 5. The third kappa shape index (κ3) is 4.17. The van der Waals surface area contributed by atoms with Crippen molar-refractivity contribution >= 4 is 18.0 Å². The molecule has 0 aromatic heterocycles. The summed E-state index contributed by atoms with van der Waals surface area (Å²) in [5.41, 5.74) is 3.80. The van der Waals surface area contributed by atoms with Gasteiger partial charge in [-0.15, -0.1) is 0 Å². The van der Waals surface area contributed by atoms with Gasteiger partial charge >= 0.3 is 12.1 Å². The number of hydrogen-bond donors (Lipinski definition) is 2. The SMILES string of the molecule is CC1CN(C(=O)[C@@H]2CC[C@H](NC(=O)OCC3c4ccccc4-c4ccccc43)C2)CC1(C)C(=O)O. The maximum Gasteiger partial charge on any atom is 0.407 e. The van der Waals surface area contributed by atoms with E-state index >= 15 is 0 Å². The highest BCUT2D eigenvalue weighted by Gasteiger charge is 2.49. The zero-order valence-electron chi connectivity index (χ0n) is 20.2. The fourth-order valence-electron chi connectivity index (χ4n) is 6.00. The fourth-order valence-corrected chi connectivity index (χ4v) is 6.00. The highest BCUT2D eigenvalue weighted by molar-refractivity contribution is 5.83. The van der Waals surface area contributed by atoms with Crippen molar-refractivity contribution in [1.29, 1.82) is 0 Å². The predicted octanol–water partition coefficient (Wildman–Crippen LogP) is 4.26. The van der Waals surface area contributed by atoms with Crippen LogP contribution < -0.4 is 5.32 Å². The molecule has 1 heterocycles. The molecule has 3 aliphatic rings. The lowest BCUT2D eigenvalue weighted by Gasteiger charge is -2.23. The Morgan fingerprint density at radius 3 is 2.29 bits per heavy atom. The number of ether oxygens (including phenoxy) is 1. The second kappa shape index (κ2) is 9.02. The lowest BCUT2D eigenvalue weighted by Crippen LogP contribution is -2.39. The molecule has 2 N–H and O–H groups in total. The Balaban J connectivity index is 1.15. The summed E-state index contributed by atoms with van der Waals surface area (Å²) in [7, 11) is 0. The number of carbonyl (C=O) groups is 3. The smallest absolute Gasteiger partial charge is 0.407 e. The van der Waals surface area contributed by atoms with Crippen LogP contribution in [0.1, 0.15) is 50.2 Å². The van der Waals surface area contributed by atoms with Gasteiger partial charge in [-0.05, 0) is 54.4 Å². The number of carboxylic acids is 1. The quantitative estimate of drug-likeness (QED) is 0.672. The summed E-state index contributed by atoms with van der Waals surface area (Å²) >= 11 is 0. The van der Waals surface area contributed by atoms with Crippen molar-refractivity contribution in [2.75, 3.05) is 19.7 Å². The Labute approximate surface area is 205 Å². The monoisotopic (exact) mass is 476 g/mol. The molecule has 5 rings (SSSR count). The van der Waals surface area contributed by atoms with E-state index in [4.69, 9.17) is 4.74 Å². The maximum atomic E-state index is 13.1. The van der Waals surface area contributed by atoms with Gasteiger partial charge in [0.05, 0.1) is 5.41 Å². The highest BCUT2D eigenvalue weighted by atomic mass is 16.5. The summed E-state index contributed by atoms with van der Waals surface area (Å²) in [6.45, 7) is 4.56. The first-order chi connectivity index (χ1) is 16.8. The lowest BCUT2D eigenvalue weighted by atomic mass is 9.81. The number of carboxylic acid groups (broad SMARTS) is 1. The molecular formula is C28H32N2O5. The molecule has 2 amide bonds. The summed E-state index contributed by atoms with van der Waals surface area (Å²) in [6.07, 6.45) is 1.48. The minimum absolute atomic E-state index is 0.00124. The highest BCUT2D eigenvalue weighted by Crippen LogP contribution is 2.44. The van der Waals surface area contributed by atoms with E-state index in [2.05, 4.69) is 29.6 Å². The largest absolute Gasteiger partial charge is 0.481 e. The number of hydrogen-bond acceptors (Lipinski definition) is 4. The third-order valence-electron chi connectivity index (χ3n) is 8.35. The minimum atomic E-state index is -0.910. The second-order valence-corrected chi connectivity index (χ2v) is 10.5. The van der Waals surface area contributed by atoms with E-state index in [0.717, 1.165) is 0 Å². The van der Waals surface area contributed by atoms with Crippen LogP contribution in [0.2, 0.25) is 0 Å². The summed E-state index contributed by atoms with van der Waals surface area (Å²) in [4.78, 5) is 39.1. The molecule has 2 aliphatic carbocycles. The topological polar surface area (TPSA) is 95.9 Å². The Bertz CT molecular complexity index is 1120. The number of alkyl carbamates (subject to hydrolysis) is 1. The second-order valence-electron chi connectivity index (χ2n) is 10.5. The number of amides is 2. The molecule has 184 valence electrons. The van der Waals surface area contributed by atoms with Crippen molar-refractivity contribution in [2.45, 2.75) is 45.1 Å². The van der Waals surface area contributed by atoms with Gasteiger partial charge in [0.25, 0.3) is 0 Å². The number of likely N-dealkylation sites (tertiary alicyclic amines) is 1. The Morgan fingerprint density at radius 2 is 1.69 bits per heavy atom. The van der Waals surface area contributed by atoms with E-state index in [1.165, 1.54) is 22.3 Å².